The van der Waals surface area contributed by atoms with Crippen molar-refractivity contribution in [2.75, 3.05) is 13.1 Å². The molecule has 0 bridgehead atoms. The van der Waals surface area contributed by atoms with E-state index in [9.17, 15) is 0 Å². The SMILES string of the molecule is CCCNCC(Cc1cn(C)nn1)Cc1ccccc1C. The minimum absolute atomic E-state index is 0.550. The van der Waals surface area contributed by atoms with Gasteiger partial charge in [-0.15, -0.1) is 5.10 Å². The molecule has 0 radical (unpaired) electrons. The molecule has 1 N–H and O–H groups in total. The highest BCUT2D eigenvalue weighted by Gasteiger charge is 2.13. The molecule has 0 aliphatic carbocycles. The summed E-state index contributed by atoms with van der Waals surface area (Å²) in [6.07, 6.45) is 5.24. The molecule has 114 valence electrons. The fourth-order valence-electron chi connectivity index (χ4n) is 2.63. The summed E-state index contributed by atoms with van der Waals surface area (Å²) in [5, 5.41) is 11.8. The molecule has 0 aliphatic rings. The number of rotatable bonds is 8. The normalized spacial score (nSPS) is 12.5. The predicted octanol–water partition coefficient (Wildman–Crippen LogP) is 2.52. The maximum Gasteiger partial charge on any atom is 0.0830 e. The van der Waals surface area contributed by atoms with Gasteiger partial charge in [-0.05, 0) is 56.3 Å². The Bertz CT molecular complexity index is 547. The summed E-state index contributed by atoms with van der Waals surface area (Å²) >= 11 is 0. The van der Waals surface area contributed by atoms with Gasteiger partial charge in [-0.2, -0.15) is 0 Å². The molecule has 1 heterocycles. The van der Waals surface area contributed by atoms with Gasteiger partial charge in [0.25, 0.3) is 0 Å². The van der Waals surface area contributed by atoms with Crippen LogP contribution in [-0.2, 0) is 19.9 Å². The van der Waals surface area contributed by atoms with Crippen LogP contribution in [0.15, 0.2) is 30.5 Å². The van der Waals surface area contributed by atoms with E-state index < -0.39 is 0 Å². The number of nitrogens with one attached hydrogen (secondary N) is 1. The van der Waals surface area contributed by atoms with E-state index in [2.05, 4.69) is 53.7 Å². The van der Waals surface area contributed by atoms with Crippen molar-refractivity contribution in [3.63, 3.8) is 0 Å². The Morgan fingerprint density at radius 2 is 2.05 bits per heavy atom. The second-order valence-corrected chi connectivity index (χ2v) is 5.79. The third-order valence-corrected chi connectivity index (χ3v) is 3.78. The predicted molar refractivity (Wildman–Crippen MR) is 86.2 cm³/mol. The minimum atomic E-state index is 0.550. The largest absolute Gasteiger partial charge is 0.316 e. The second-order valence-electron chi connectivity index (χ2n) is 5.79. The van der Waals surface area contributed by atoms with Crippen molar-refractivity contribution >= 4 is 0 Å². The molecule has 1 aromatic heterocycles. The van der Waals surface area contributed by atoms with E-state index in [1.165, 1.54) is 17.5 Å². The highest BCUT2D eigenvalue weighted by atomic mass is 15.4. The van der Waals surface area contributed by atoms with Gasteiger partial charge in [-0.25, -0.2) is 0 Å². The second kappa shape index (κ2) is 7.93. The first-order valence-corrected chi connectivity index (χ1v) is 7.79. The van der Waals surface area contributed by atoms with Gasteiger partial charge in [0.15, 0.2) is 0 Å². The minimum Gasteiger partial charge on any atom is -0.316 e. The number of hydrogen-bond donors (Lipinski definition) is 1. The summed E-state index contributed by atoms with van der Waals surface area (Å²) in [5.74, 6) is 0.550. The Morgan fingerprint density at radius 3 is 2.71 bits per heavy atom. The van der Waals surface area contributed by atoms with Crippen molar-refractivity contribution in [3.05, 3.63) is 47.3 Å². The topological polar surface area (TPSA) is 42.7 Å². The Kier molecular flexibility index (Phi) is 5.93. The van der Waals surface area contributed by atoms with E-state index in [-0.39, 0.29) is 0 Å². The molecule has 0 amide bonds. The van der Waals surface area contributed by atoms with Gasteiger partial charge >= 0.3 is 0 Å². The van der Waals surface area contributed by atoms with Gasteiger partial charge in [-0.1, -0.05) is 36.4 Å². The molecular weight excluding hydrogens is 260 g/mol. The van der Waals surface area contributed by atoms with Crippen LogP contribution in [0.5, 0.6) is 0 Å². The lowest BCUT2D eigenvalue weighted by Gasteiger charge is -2.17. The fraction of sp³-hybridized carbons (Fsp3) is 0.529. The van der Waals surface area contributed by atoms with Crippen molar-refractivity contribution in [1.29, 1.82) is 0 Å². The highest BCUT2D eigenvalue weighted by molar-refractivity contribution is 5.26. The maximum atomic E-state index is 4.23. The molecule has 0 saturated carbocycles. The van der Waals surface area contributed by atoms with Crippen molar-refractivity contribution in [2.45, 2.75) is 33.1 Å². The van der Waals surface area contributed by atoms with Crippen LogP contribution < -0.4 is 5.32 Å². The Balaban J connectivity index is 2.02. The molecule has 0 saturated heterocycles. The van der Waals surface area contributed by atoms with Crippen LogP contribution in [0.4, 0.5) is 0 Å². The van der Waals surface area contributed by atoms with Crippen molar-refractivity contribution in [3.8, 4) is 0 Å². The van der Waals surface area contributed by atoms with Crippen LogP contribution in [0.25, 0.3) is 0 Å². The zero-order valence-corrected chi connectivity index (χ0v) is 13.3. The summed E-state index contributed by atoms with van der Waals surface area (Å²) < 4.78 is 1.78. The zero-order valence-electron chi connectivity index (χ0n) is 13.3. The molecule has 4 nitrogen and oxygen atoms in total. The summed E-state index contributed by atoms with van der Waals surface area (Å²) in [6.45, 7) is 6.49. The maximum absolute atomic E-state index is 4.23. The molecule has 1 atom stereocenters. The van der Waals surface area contributed by atoms with E-state index in [4.69, 9.17) is 0 Å². The number of aromatic nitrogens is 3. The van der Waals surface area contributed by atoms with Gasteiger partial charge in [0.05, 0.1) is 5.69 Å². The number of aryl methyl sites for hydroxylation is 2. The van der Waals surface area contributed by atoms with Crippen LogP contribution in [0.1, 0.15) is 30.2 Å². The fourth-order valence-corrected chi connectivity index (χ4v) is 2.63. The summed E-state index contributed by atoms with van der Waals surface area (Å²) in [6, 6.07) is 8.65. The molecule has 1 aromatic carbocycles. The highest BCUT2D eigenvalue weighted by Crippen LogP contribution is 2.16. The van der Waals surface area contributed by atoms with Crippen LogP contribution in [0, 0.1) is 12.8 Å². The number of hydrogen-bond acceptors (Lipinski definition) is 3. The van der Waals surface area contributed by atoms with Crippen LogP contribution in [0.3, 0.4) is 0 Å². The van der Waals surface area contributed by atoms with Gasteiger partial charge in [0.1, 0.15) is 0 Å². The van der Waals surface area contributed by atoms with Gasteiger partial charge < -0.3 is 5.32 Å². The quantitative estimate of drug-likeness (QED) is 0.758. The van der Waals surface area contributed by atoms with E-state index in [0.29, 0.717) is 5.92 Å². The van der Waals surface area contributed by atoms with Gasteiger partial charge in [0, 0.05) is 13.2 Å². The van der Waals surface area contributed by atoms with E-state index in [1.807, 2.05) is 13.2 Å². The average molecular weight is 286 g/mol. The van der Waals surface area contributed by atoms with Crippen LogP contribution in [0.2, 0.25) is 0 Å². The van der Waals surface area contributed by atoms with Crippen molar-refractivity contribution in [2.24, 2.45) is 13.0 Å². The molecule has 21 heavy (non-hydrogen) atoms. The molecule has 1 unspecified atom stereocenters. The van der Waals surface area contributed by atoms with Gasteiger partial charge in [-0.3, -0.25) is 4.68 Å². The summed E-state index contributed by atoms with van der Waals surface area (Å²) in [5.41, 5.74) is 3.89. The number of benzene rings is 1. The Hall–Kier alpha value is -1.68. The zero-order chi connectivity index (χ0) is 15.1. The van der Waals surface area contributed by atoms with Crippen LogP contribution >= 0.6 is 0 Å². The van der Waals surface area contributed by atoms with Crippen molar-refractivity contribution < 1.29 is 0 Å². The van der Waals surface area contributed by atoms with E-state index >= 15 is 0 Å². The van der Waals surface area contributed by atoms with E-state index in [0.717, 1.165) is 31.6 Å². The average Bonchev–Trinajstić information content (AvgIpc) is 2.87. The molecule has 0 fully saturated rings. The van der Waals surface area contributed by atoms with Crippen LogP contribution in [-0.4, -0.2) is 28.1 Å². The molecule has 2 rings (SSSR count). The molecule has 4 heteroatoms. The molecule has 2 aromatic rings. The molecule has 0 aliphatic heterocycles. The summed E-state index contributed by atoms with van der Waals surface area (Å²) in [7, 11) is 1.92. The van der Waals surface area contributed by atoms with Crippen molar-refractivity contribution in [1.82, 2.24) is 20.3 Å². The Morgan fingerprint density at radius 1 is 1.24 bits per heavy atom. The monoisotopic (exact) mass is 286 g/mol. The first kappa shape index (κ1) is 15.7. The standard InChI is InChI=1S/C17H26N4/c1-4-9-18-12-15(11-17-13-21(3)20-19-17)10-16-8-6-5-7-14(16)2/h5-8,13,15,18H,4,9-12H2,1-3H3. The lowest BCUT2D eigenvalue weighted by molar-refractivity contribution is 0.465. The van der Waals surface area contributed by atoms with E-state index in [1.54, 1.807) is 4.68 Å². The Labute approximate surface area is 127 Å². The lowest BCUT2D eigenvalue weighted by atomic mass is 9.92. The first-order valence-electron chi connectivity index (χ1n) is 7.79. The smallest absolute Gasteiger partial charge is 0.0830 e. The molecule has 0 spiro atoms. The lowest BCUT2D eigenvalue weighted by Crippen LogP contribution is -2.26. The summed E-state index contributed by atoms with van der Waals surface area (Å²) in [4.78, 5) is 0. The van der Waals surface area contributed by atoms with Gasteiger partial charge in [0.2, 0.25) is 0 Å². The third kappa shape index (κ3) is 4.97. The molecular formula is C17H26N4. The third-order valence-electron chi connectivity index (χ3n) is 3.78. The number of nitrogens with zero attached hydrogens (tertiary/aromatic N) is 3. The first-order chi connectivity index (χ1) is 10.2.